The van der Waals surface area contributed by atoms with E-state index in [0.29, 0.717) is 21.6 Å². The van der Waals surface area contributed by atoms with Gasteiger partial charge in [0, 0.05) is 0 Å². The lowest BCUT2D eigenvalue weighted by Gasteiger charge is -2.06. The second kappa shape index (κ2) is 9.93. The SMILES string of the molecule is CC(C#Cc1cnc(Oc2ccc(Oc3ccccc3)cc2)s1)NC(=O)CC#N. The largest absolute Gasteiger partial charge is 0.457 e. The molecule has 29 heavy (non-hydrogen) atoms. The Kier molecular flexibility index (Phi) is 6.83. The third kappa shape index (κ3) is 6.39. The van der Waals surface area contributed by atoms with Crippen LogP contribution in [0.4, 0.5) is 0 Å². The minimum absolute atomic E-state index is 0.181. The molecule has 1 atom stereocenters. The van der Waals surface area contributed by atoms with Crippen molar-refractivity contribution in [2.45, 2.75) is 19.4 Å². The van der Waals surface area contributed by atoms with Crippen molar-refractivity contribution in [1.82, 2.24) is 10.3 Å². The van der Waals surface area contributed by atoms with Crippen LogP contribution >= 0.6 is 11.3 Å². The highest BCUT2D eigenvalue weighted by atomic mass is 32.1. The number of para-hydroxylation sites is 1. The number of thiazole rings is 1. The monoisotopic (exact) mass is 403 g/mol. The molecule has 1 heterocycles. The van der Waals surface area contributed by atoms with Gasteiger partial charge in [0.15, 0.2) is 0 Å². The first kappa shape index (κ1) is 19.9. The van der Waals surface area contributed by atoms with Crippen molar-refractivity contribution in [1.29, 1.82) is 5.26 Å². The van der Waals surface area contributed by atoms with E-state index in [9.17, 15) is 4.79 Å². The molecule has 0 aliphatic heterocycles. The first-order valence-corrected chi connectivity index (χ1v) is 9.58. The van der Waals surface area contributed by atoms with E-state index in [1.54, 1.807) is 31.3 Å². The zero-order chi connectivity index (χ0) is 20.5. The minimum Gasteiger partial charge on any atom is -0.457 e. The van der Waals surface area contributed by atoms with E-state index in [4.69, 9.17) is 14.7 Å². The highest BCUT2D eigenvalue weighted by Crippen LogP contribution is 2.28. The first-order chi connectivity index (χ1) is 14.1. The van der Waals surface area contributed by atoms with Gasteiger partial charge in [0.2, 0.25) is 5.91 Å². The molecular formula is C22H17N3O3S. The van der Waals surface area contributed by atoms with Gasteiger partial charge in [0.05, 0.1) is 18.3 Å². The summed E-state index contributed by atoms with van der Waals surface area (Å²) in [5.74, 6) is 7.61. The van der Waals surface area contributed by atoms with E-state index in [2.05, 4.69) is 22.1 Å². The fourth-order valence-corrected chi connectivity index (χ4v) is 2.89. The Morgan fingerprint density at radius 2 is 1.76 bits per heavy atom. The molecule has 0 saturated carbocycles. The molecule has 1 aromatic heterocycles. The number of hydrogen-bond donors (Lipinski definition) is 1. The molecular weight excluding hydrogens is 386 g/mol. The summed E-state index contributed by atoms with van der Waals surface area (Å²) in [4.78, 5) is 16.3. The molecule has 0 radical (unpaired) electrons. The zero-order valence-electron chi connectivity index (χ0n) is 15.6. The lowest BCUT2D eigenvalue weighted by molar-refractivity contribution is -0.120. The summed E-state index contributed by atoms with van der Waals surface area (Å²) in [6.45, 7) is 1.75. The van der Waals surface area contributed by atoms with E-state index >= 15 is 0 Å². The molecule has 0 bridgehead atoms. The van der Waals surface area contributed by atoms with Gasteiger partial charge in [-0.15, -0.1) is 0 Å². The van der Waals surface area contributed by atoms with E-state index < -0.39 is 0 Å². The van der Waals surface area contributed by atoms with Crippen LogP contribution in [0.15, 0.2) is 60.8 Å². The Bertz CT molecular complexity index is 1060. The van der Waals surface area contributed by atoms with E-state index in [1.165, 1.54) is 11.3 Å². The third-order valence-corrected chi connectivity index (χ3v) is 4.31. The number of nitriles is 1. The number of rotatable bonds is 6. The lowest BCUT2D eigenvalue weighted by Crippen LogP contribution is -2.30. The summed E-state index contributed by atoms with van der Waals surface area (Å²) in [6, 6.07) is 18.2. The Labute approximate surface area is 172 Å². The van der Waals surface area contributed by atoms with Crippen LogP contribution in [0.5, 0.6) is 22.4 Å². The van der Waals surface area contributed by atoms with Crippen LogP contribution in [0, 0.1) is 23.2 Å². The fourth-order valence-electron chi connectivity index (χ4n) is 2.24. The Morgan fingerprint density at radius 3 is 2.45 bits per heavy atom. The van der Waals surface area contributed by atoms with Crippen LogP contribution in [0.3, 0.4) is 0 Å². The number of nitrogens with zero attached hydrogens (tertiary/aromatic N) is 2. The average Bonchev–Trinajstić information content (AvgIpc) is 3.16. The molecule has 2 aromatic carbocycles. The van der Waals surface area contributed by atoms with Crippen molar-refractivity contribution < 1.29 is 14.3 Å². The summed E-state index contributed by atoms with van der Waals surface area (Å²) in [6.07, 6.45) is 1.43. The molecule has 7 heteroatoms. The van der Waals surface area contributed by atoms with Crippen molar-refractivity contribution in [2.75, 3.05) is 0 Å². The molecule has 0 saturated heterocycles. The number of carbonyl (C=O) groups is 1. The first-order valence-electron chi connectivity index (χ1n) is 8.77. The number of nitrogens with one attached hydrogen (secondary N) is 1. The summed E-state index contributed by atoms with van der Waals surface area (Å²) < 4.78 is 11.5. The predicted octanol–water partition coefficient (Wildman–Crippen LogP) is 4.50. The molecule has 1 unspecified atom stereocenters. The van der Waals surface area contributed by atoms with E-state index in [-0.39, 0.29) is 18.4 Å². The normalized spacial score (nSPS) is 10.8. The van der Waals surface area contributed by atoms with Crippen molar-refractivity contribution in [3.8, 4) is 40.4 Å². The number of ether oxygens (including phenoxy) is 2. The number of amides is 1. The van der Waals surface area contributed by atoms with Gasteiger partial charge < -0.3 is 14.8 Å². The summed E-state index contributed by atoms with van der Waals surface area (Å²) in [5, 5.41) is 11.6. The maximum atomic E-state index is 11.4. The second-order valence-electron chi connectivity index (χ2n) is 5.87. The maximum Gasteiger partial charge on any atom is 0.279 e. The number of aromatic nitrogens is 1. The maximum absolute atomic E-state index is 11.4. The number of carbonyl (C=O) groups excluding carboxylic acids is 1. The molecule has 0 spiro atoms. The number of hydrogen-bond acceptors (Lipinski definition) is 6. The highest BCUT2D eigenvalue weighted by molar-refractivity contribution is 7.13. The summed E-state index contributed by atoms with van der Waals surface area (Å²) >= 11 is 1.30. The molecule has 0 aliphatic carbocycles. The van der Waals surface area contributed by atoms with Gasteiger partial charge in [-0.1, -0.05) is 41.4 Å². The summed E-state index contributed by atoms with van der Waals surface area (Å²) in [5.41, 5.74) is 0. The molecule has 1 amide bonds. The zero-order valence-corrected chi connectivity index (χ0v) is 16.4. The van der Waals surface area contributed by atoms with Gasteiger partial charge in [0.25, 0.3) is 5.19 Å². The van der Waals surface area contributed by atoms with E-state index in [0.717, 1.165) is 5.75 Å². The van der Waals surface area contributed by atoms with Crippen molar-refractivity contribution in [2.24, 2.45) is 0 Å². The topological polar surface area (TPSA) is 84.2 Å². The van der Waals surface area contributed by atoms with Crippen LogP contribution in [0.1, 0.15) is 18.2 Å². The minimum atomic E-state index is -0.362. The van der Waals surface area contributed by atoms with Crippen molar-refractivity contribution in [3.05, 3.63) is 65.7 Å². The molecule has 6 nitrogen and oxygen atoms in total. The lowest BCUT2D eigenvalue weighted by atomic mass is 10.3. The smallest absolute Gasteiger partial charge is 0.279 e. The Hall–Kier alpha value is -3.81. The average molecular weight is 403 g/mol. The second-order valence-corrected chi connectivity index (χ2v) is 6.87. The van der Waals surface area contributed by atoms with E-state index in [1.807, 2.05) is 42.5 Å². The third-order valence-electron chi connectivity index (χ3n) is 3.52. The fraction of sp³-hybridized carbons (Fsp3) is 0.136. The van der Waals surface area contributed by atoms with Crippen LogP contribution in [0.25, 0.3) is 0 Å². The Balaban J connectivity index is 1.56. The van der Waals surface area contributed by atoms with Crippen LogP contribution in [-0.4, -0.2) is 16.9 Å². The van der Waals surface area contributed by atoms with Crippen LogP contribution in [0.2, 0.25) is 0 Å². The van der Waals surface area contributed by atoms with Gasteiger partial charge in [-0.05, 0) is 43.3 Å². The molecule has 3 aromatic rings. The van der Waals surface area contributed by atoms with Gasteiger partial charge in [-0.25, -0.2) is 4.98 Å². The van der Waals surface area contributed by atoms with Crippen LogP contribution < -0.4 is 14.8 Å². The van der Waals surface area contributed by atoms with Crippen molar-refractivity contribution in [3.63, 3.8) is 0 Å². The van der Waals surface area contributed by atoms with Gasteiger partial charge in [-0.2, -0.15) is 5.26 Å². The standard InChI is InChI=1S/C22H17N3O3S/c1-16(25-21(26)13-14-23)7-12-20-15-24-22(29-20)28-19-10-8-18(9-11-19)27-17-5-3-2-4-6-17/h2-6,8-11,15-16H,13H2,1H3,(H,25,26). The molecule has 0 fully saturated rings. The van der Waals surface area contributed by atoms with Gasteiger partial charge in [-0.3, -0.25) is 4.79 Å². The van der Waals surface area contributed by atoms with Gasteiger partial charge in [0.1, 0.15) is 28.5 Å². The number of benzene rings is 2. The molecule has 3 rings (SSSR count). The Morgan fingerprint density at radius 1 is 1.10 bits per heavy atom. The molecule has 1 N–H and O–H groups in total. The van der Waals surface area contributed by atoms with Crippen LogP contribution in [-0.2, 0) is 4.79 Å². The molecule has 0 aliphatic rings. The van der Waals surface area contributed by atoms with Crippen molar-refractivity contribution >= 4 is 17.2 Å². The van der Waals surface area contributed by atoms with Gasteiger partial charge >= 0.3 is 0 Å². The molecule has 144 valence electrons. The summed E-state index contributed by atoms with van der Waals surface area (Å²) in [7, 11) is 0. The quantitative estimate of drug-likeness (QED) is 0.613. The highest BCUT2D eigenvalue weighted by Gasteiger charge is 2.06. The predicted molar refractivity (Wildman–Crippen MR) is 110 cm³/mol.